The molecule has 3 heterocycles. The topological polar surface area (TPSA) is 206 Å². The van der Waals surface area contributed by atoms with E-state index in [4.69, 9.17) is 37.6 Å². The van der Waals surface area contributed by atoms with Crippen molar-refractivity contribution in [3.63, 3.8) is 0 Å². The third kappa shape index (κ3) is 13.3. The predicted octanol–water partition coefficient (Wildman–Crippen LogP) is 9.00. The van der Waals surface area contributed by atoms with Gasteiger partial charge >= 0.3 is 29.6 Å². The first kappa shape index (κ1) is 58.0. The second-order valence-electron chi connectivity index (χ2n) is 21.1. The predicted molar refractivity (Wildman–Crippen MR) is 312 cm³/mol. The Morgan fingerprint density at radius 2 is 0.952 bits per heavy atom. The van der Waals surface area contributed by atoms with Crippen molar-refractivity contribution in [2.75, 3.05) is 18.5 Å². The van der Waals surface area contributed by atoms with Gasteiger partial charge in [0.25, 0.3) is 14.2 Å². The van der Waals surface area contributed by atoms with Crippen molar-refractivity contribution in [1.29, 1.82) is 0 Å². The second-order valence-corrected chi connectivity index (χ2v) is 25.3. The third-order valence-corrected chi connectivity index (χ3v) is 19.6. The van der Waals surface area contributed by atoms with Crippen molar-refractivity contribution in [2.24, 2.45) is 0 Å². The summed E-state index contributed by atoms with van der Waals surface area (Å²) in [4.78, 5) is 88.3. The summed E-state index contributed by atoms with van der Waals surface area (Å²) in [5.41, 5.74) is 0.208. The van der Waals surface area contributed by atoms with E-state index >= 15 is 0 Å². The molecule has 0 radical (unpaired) electrons. The number of benzene rings is 7. The first-order chi connectivity index (χ1) is 40.8. The van der Waals surface area contributed by atoms with E-state index in [1.54, 1.807) is 115 Å². The first-order valence-corrected chi connectivity index (χ1v) is 29.3. The quantitative estimate of drug-likeness (QED) is 0.0456. The molecular weight excluding hydrogens is 1090 g/mol. The van der Waals surface area contributed by atoms with Gasteiger partial charge in [-0.05, 0) is 82.1 Å². The van der Waals surface area contributed by atoms with Gasteiger partial charge in [-0.3, -0.25) is 9.36 Å². The van der Waals surface area contributed by atoms with Crippen LogP contribution in [0, 0.1) is 0 Å². The van der Waals surface area contributed by atoms with Gasteiger partial charge in [-0.15, -0.1) is 0 Å². The fourth-order valence-corrected chi connectivity index (χ4v) is 15.1. The molecule has 8 atom stereocenters. The summed E-state index contributed by atoms with van der Waals surface area (Å²) in [5, 5.41) is 4.08. The number of esters is 4. The first-order valence-electron chi connectivity index (χ1n) is 27.4. The third-order valence-electron chi connectivity index (χ3n) is 14.5. The molecule has 2 aliphatic rings. The van der Waals surface area contributed by atoms with E-state index in [0.717, 1.165) is 10.4 Å². The van der Waals surface area contributed by atoms with Gasteiger partial charge in [0.2, 0.25) is 0 Å². The van der Waals surface area contributed by atoms with Crippen molar-refractivity contribution in [1.82, 2.24) is 9.55 Å². The molecule has 0 saturated carbocycles. The van der Waals surface area contributed by atoms with Gasteiger partial charge in [-0.1, -0.05) is 172 Å². The Kier molecular flexibility index (Phi) is 18.2. The molecule has 84 heavy (non-hydrogen) atoms. The lowest BCUT2D eigenvalue weighted by Gasteiger charge is -2.46. The lowest BCUT2D eigenvalue weighted by molar-refractivity contribution is -0.303. The Bertz CT molecular complexity index is 3540. The molecule has 2 fully saturated rings. The molecule has 7 aromatic carbocycles. The standard InChI is InChI=1S/C66H61N3O14Si/c1-66(2,3)84(49-35-21-9-22-36-49,50-37-23-10-24-38-50)83-51-41-55(69-40-39-54(68-65(69)75)67-59(70)44-25-11-4-12-26-44)78-52(51)42-77-64-58(82-63(74)48-33-19-8-20-34-48)57(81-62(73)47-31-17-7-18-32-47)56(80-61(72)46-29-15-6-16-30-46)53(79-64)43-76-60(71)45-27-13-5-14-28-45/h4-40,51-53,55-58,64H,41-43H2,1-3H3,(H,67,68,70,75)/t51-,52+,53+,55+,56-,57-,58+,64+/m0/s1. The Morgan fingerprint density at radius 1 is 0.524 bits per heavy atom. The minimum atomic E-state index is -3.42. The highest BCUT2D eigenvalue weighted by Crippen LogP contribution is 2.42. The zero-order chi connectivity index (χ0) is 58.6. The van der Waals surface area contributed by atoms with Crippen molar-refractivity contribution < 1.29 is 61.6 Å². The maximum Gasteiger partial charge on any atom is 0.351 e. The summed E-state index contributed by atoms with van der Waals surface area (Å²) in [6, 6.07) is 62.3. The summed E-state index contributed by atoms with van der Waals surface area (Å²) >= 11 is 0. The van der Waals surface area contributed by atoms with Crippen LogP contribution >= 0.6 is 0 Å². The smallest absolute Gasteiger partial charge is 0.351 e. The fourth-order valence-electron chi connectivity index (χ4n) is 10.4. The van der Waals surface area contributed by atoms with Gasteiger partial charge in [-0.25, -0.2) is 24.0 Å². The van der Waals surface area contributed by atoms with Crippen molar-refractivity contribution >= 4 is 54.3 Å². The van der Waals surface area contributed by atoms with Crippen molar-refractivity contribution in [3.05, 3.63) is 263 Å². The number of amides is 1. The van der Waals surface area contributed by atoms with Crippen LogP contribution in [0.15, 0.2) is 229 Å². The van der Waals surface area contributed by atoms with E-state index in [1.807, 2.05) is 60.7 Å². The van der Waals surface area contributed by atoms with E-state index in [9.17, 15) is 28.8 Å². The molecular formula is C66H61N3O14Si. The Labute approximate surface area is 486 Å². The van der Waals surface area contributed by atoms with Crippen LogP contribution in [-0.2, 0) is 37.6 Å². The summed E-state index contributed by atoms with van der Waals surface area (Å²) in [5.74, 6) is -3.80. The van der Waals surface area contributed by atoms with Gasteiger partial charge in [-0.2, -0.15) is 4.98 Å². The molecule has 8 aromatic rings. The summed E-state index contributed by atoms with van der Waals surface area (Å²) in [7, 11) is -3.42. The number of nitrogens with one attached hydrogen (secondary N) is 1. The Morgan fingerprint density at radius 3 is 1.42 bits per heavy atom. The molecule has 1 aromatic heterocycles. The van der Waals surface area contributed by atoms with E-state index in [-0.39, 0.29) is 41.1 Å². The van der Waals surface area contributed by atoms with Crippen molar-refractivity contribution in [3.8, 4) is 0 Å². The number of ether oxygens (including phenoxy) is 7. The minimum absolute atomic E-state index is 0.0212. The molecule has 0 unspecified atom stereocenters. The average Bonchev–Trinajstić information content (AvgIpc) is 2.42. The Balaban J connectivity index is 1.05. The highest BCUT2D eigenvalue weighted by Gasteiger charge is 2.56. The monoisotopic (exact) mass is 1150 g/mol. The fraction of sp³-hybridized carbons (Fsp3) is 0.227. The van der Waals surface area contributed by atoms with Crippen LogP contribution in [0.3, 0.4) is 0 Å². The lowest BCUT2D eigenvalue weighted by atomic mass is 9.97. The molecule has 18 heteroatoms. The van der Waals surface area contributed by atoms with Crippen molar-refractivity contribution in [2.45, 2.75) is 81.4 Å². The zero-order valence-corrected chi connectivity index (χ0v) is 47.2. The molecule has 0 spiro atoms. The zero-order valence-electron chi connectivity index (χ0n) is 46.2. The van der Waals surface area contributed by atoms with Crippen LogP contribution < -0.4 is 21.4 Å². The van der Waals surface area contributed by atoms with E-state index in [0.29, 0.717) is 5.56 Å². The largest absolute Gasteiger partial charge is 0.459 e. The SMILES string of the molecule is CC(C)(C)[Si](O[C@H]1C[C@H](n2ccc(NC(=O)c3ccccc3)nc2=O)O[C@@H]1CO[C@@H]1O[C@H](COC(=O)c2ccccc2)[C@H](OC(=O)c2ccccc2)[C@H](OC(=O)c2ccccc2)[C@H]1OC(=O)c1ccccc1)(c1ccccc1)c1ccccc1. The van der Waals surface area contributed by atoms with Gasteiger partial charge in [0, 0.05) is 18.2 Å². The summed E-state index contributed by atoms with van der Waals surface area (Å²) in [6.45, 7) is 5.40. The molecule has 1 N–H and O–H groups in total. The number of hydrogen-bond acceptors (Lipinski definition) is 15. The molecule has 2 saturated heterocycles. The molecule has 0 aliphatic carbocycles. The van der Waals surface area contributed by atoms with E-state index < -0.39 is 105 Å². The number of nitrogens with zero attached hydrogens (tertiary/aromatic N) is 2. The number of hydrogen-bond donors (Lipinski definition) is 1. The lowest BCUT2D eigenvalue weighted by Crippen LogP contribution is -2.68. The molecule has 2 aliphatic heterocycles. The molecule has 428 valence electrons. The average molecular weight is 1150 g/mol. The molecule has 10 rings (SSSR count). The van der Waals surface area contributed by atoms with Gasteiger partial charge in [0.05, 0.1) is 35.0 Å². The number of rotatable bonds is 19. The number of aromatic nitrogens is 2. The minimum Gasteiger partial charge on any atom is -0.459 e. The van der Waals surface area contributed by atoms with Crippen LogP contribution in [0.5, 0.6) is 0 Å². The highest BCUT2D eigenvalue weighted by atomic mass is 28.4. The van der Waals surface area contributed by atoms with Crippen LogP contribution in [0.1, 0.15) is 85.2 Å². The highest BCUT2D eigenvalue weighted by molar-refractivity contribution is 6.99. The van der Waals surface area contributed by atoms with E-state index in [2.05, 4.69) is 31.1 Å². The maximum absolute atomic E-state index is 14.4. The number of carbonyl (C=O) groups is 5. The number of anilines is 1. The number of carbonyl (C=O) groups excluding carboxylic acids is 5. The summed E-state index contributed by atoms with van der Waals surface area (Å²) < 4.78 is 54.4. The van der Waals surface area contributed by atoms with E-state index in [1.165, 1.54) is 53.2 Å². The van der Waals surface area contributed by atoms with Crippen LogP contribution in [0.4, 0.5) is 5.82 Å². The molecule has 1 amide bonds. The molecule has 17 nitrogen and oxygen atoms in total. The molecule has 0 bridgehead atoms. The van der Waals surface area contributed by atoms with Gasteiger partial charge < -0.3 is 42.9 Å². The van der Waals surface area contributed by atoms with Crippen LogP contribution in [0.25, 0.3) is 0 Å². The van der Waals surface area contributed by atoms with Crippen LogP contribution in [-0.4, -0.2) is 104 Å². The van der Waals surface area contributed by atoms with Gasteiger partial charge in [0.15, 0.2) is 24.6 Å². The summed E-state index contributed by atoms with van der Waals surface area (Å²) in [6.07, 6.45) is -9.53. The van der Waals surface area contributed by atoms with Gasteiger partial charge in [0.1, 0.15) is 30.9 Å². The Hall–Kier alpha value is -9.17. The maximum atomic E-state index is 14.4. The normalized spacial score (nSPS) is 20.4. The van der Waals surface area contributed by atoms with Crippen LogP contribution in [0.2, 0.25) is 5.04 Å². The second kappa shape index (κ2) is 26.4.